The van der Waals surface area contributed by atoms with Crippen LogP contribution in [0.15, 0.2) is 110 Å². The molecule has 0 fully saturated rings. The highest BCUT2D eigenvalue weighted by Crippen LogP contribution is 2.27. The van der Waals surface area contributed by atoms with Gasteiger partial charge in [-0.2, -0.15) is 9.78 Å². The van der Waals surface area contributed by atoms with E-state index in [0.29, 0.717) is 39.3 Å². The minimum atomic E-state index is -0.997. The van der Waals surface area contributed by atoms with E-state index in [4.69, 9.17) is 13.9 Å². The van der Waals surface area contributed by atoms with Crippen molar-refractivity contribution in [2.45, 2.75) is 0 Å². The molecule has 36 heavy (non-hydrogen) atoms. The van der Waals surface area contributed by atoms with E-state index >= 15 is 0 Å². The highest BCUT2D eigenvalue weighted by Gasteiger charge is 2.16. The Hall–Kier alpha value is -5.24. The zero-order valence-electron chi connectivity index (χ0n) is 18.7. The average molecular weight is 475 g/mol. The van der Waals surface area contributed by atoms with Gasteiger partial charge in [0.1, 0.15) is 17.1 Å². The maximum atomic E-state index is 13.4. The van der Waals surface area contributed by atoms with E-state index in [0.717, 1.165) is 5.39 Å². The smallest absolute Gasteiger partial charge is 0.335 e. The summed E-state index contributed by atoms with van der Waals surface area (Å²) in [7, 11) is 0. The second-order valence-corrected chi connectivity index (χ2v) is 8.05. The lowest BCUT2D eigenvalue weighted by Crippen LogP contribution is -2.20. The lowest BCUT2D eigenvalue weighted by atomic mass is 10.1. The van der Waals surface area contributed by atoms with Crippen molar-refractivity contribution in [1.29, 1.82) is 0 Å². The molecular weight excluding hydrogens is 458 g/mol. The van der Waals surface area contributed by atoms with Crippen molar-refractivity contribution in [2.24, 2.45) is 5.10 Å². The van der Waals surface area contributed by atoms with Gasteiger partial charge in [0.15, 0.2) is 5.76 Å². The fourth-order valence-corrected chi connectivity index (χ4v) is 3.95. The molecule has 1 N–H and O–H groups in total. The summed E-state index contributed by atoms with van der Waals surface area (Å²) >= 11 is 0. The number of furan rings is 2. The molecule has 6 rings (SSSR count). The lowest BCUT2D eigenvalue weighted by Gasteiger charge is -2.06. The van der Waals surface area contributed by atoms with Gasteiger partial charge in [-0.15, -0.1) is 0 Å². The first-order valence-electron chi connectivity index (χ1n) is 11.1. The van der Waals surface area contributed by atoms with E-state index in [-0.39, 0.29) is 16.9 Å². The van der Waals surface area contributed by atoms with Gasteiger partial charge in [-0.3, -0.25) is 4.79 Å². The molecule has 0 unspecified atom stereocenters. The van der Waals surface area contributed by atoms with E-state index in [9.17, 15) is 9.59 Å². The molecule has 0 radical (unpaired) electrons. The number of benzene rings is 3. The molecule has 0 aliphatic rings. The van der Waals surface area contributed by atoms with E-state index in [1.165, 1.54) is 23.0 Å². The summed E-state index contributed by atoms with van der Waals surface area (Å²) < 4.78 is 13.0. The Kier molecular flexibility index (Phi) is 5.04. The molecule has 6 aromatic rings. The summed E-state index contributed by atoms with van der Waals surface area (Å²) in [6, 6.07) is 26.2. The minimum Gasteiger partial charge on any atom is -0.478 e. The van der Waals surface area contributed by atoms with Crippen LogP contribution in [0.3, 0.4) is 0 Å². The number of rotatable bonds is 5. The van der Waals surface area contributed by atoms with Crippen molar-refractivity contribution in [3.63, 3.8) is 0 Å². The van der Waals surface area contributed by atoms with Crippen LogP contribution in [-0.2, 0) is 0 Å². The Morgan fingerprint density at radius 1 is 0.889 bits per heavy atom. The number of hydrogen-bond acceptors (Lipinski definition) is 6. The Morgan fingerprint density at radius 3 is 2.47 bits per heavy atom. The zero-order valence-corrected chi connectivity index (χ0v) is 18.7. The van der Waals surface area contributed by atoms with Crippen LogP contribution in [0.2, 0.25) is 0 Å². The number of fused-ring (bicyclic) bond motifs is 2. The molecule has 0 saturated carbocycles. The zero-order chi connectivity index (χ0) is 24.6. The van der Waals surface area contributed by atoms with Crippen LogP contribution in [-0.4, -0.2) is 27.0 Å². The molecule has 8 nitrogen and oxygen atoms in total. The van der Waals surface area contributed by atoms with Crippen LogP contribution in [0.5, 0.6) is 0 Å². The maximum absolute atomic E-state index is 13.4. The molecule has 174 valence electrons. The van der Waals surface area contributed by atoms with Gasteiger partial charge < -0.3 is 13.9 Å². The second-order valence-electron chi connectivity index (χ2n) is 8.05. The fourth-order valence-electron chi connectivity index (χ4n) is 3.95. The number of carboxylic acid groups (broad SMARTS) is 1. The van der Waals surface area contributed by atoms with Gasteiger partial charge in [0.05, 0.1) is 22.7 Å². The first-order valence-corrected chi connectivity index (χ1v) is 11.1. The van der Waals surface area contributed by atoms with Crippen LogP contribution < -0.4 is 5.56 Å². The van der Waals surface area contributed by atoms with Crippen LogP contribution in [0, 0.1) is 0 Å². The number of para-hydroxylation sites is 2. The van der Waals surface area contributed by atoms with Crippen LogP contribution in [0.1, 0.15) is 16.1 Å². The van der Waals surface area contributed by atoms with Gasteiger partial charge in [-0.25, -0.2) is 9.78 Å². The summed E-state index contributed by atoms with van der Waals surface area (Å²) in [5.74, 6) is 0.623. The highest BCUT2D eigenvalue weighted by atomic mass is 16.4. The van der Waals surface area contributed by atoms with Gasteiger partial charge in [-0.05, 0) is 48.5 Å². The molecule has 0 aliphatic carbocycles. The van der Waals surface area contributed by atoms with Crippen molar-refractivity contribution in [1.82, 2.24) is 9.66 Å². The molecular formula is C28H17N3O5. The number of carbonyl (C=O) groups is 1. The highest BCUT2D eigenvalue weighted by molar-refractivity contribution is 5.88. The first-order chi connectivity index (χ1) is 17.6. The molecule has 0 spiro atoms. The number of carboxylic acids is 1. The van der Waals surface area contributed by atoms with Crippen LogP contribution >= 0.6 is 0 Å². The van der Waals surface area contributed by atoms with Crippen molar-refractivity contribution >= 4 is 34.1 Å². The second kappa shape index (κ2) is 8.52. The predicted molar refractivity (Wildman–Crippen MR) is 135 cm³/mol. The van der Waals surface area contributed by atoms with Gasteiger partial charge >= 0.3 is 5.97 Å². The van der Waals surface area contributed by atoms with Crippen molar-refractivity contribution in [3.8, 4) is 22.9 Å². The van der Waals surface area contributed by atoms with E-state index in [1.807, 2.05) is 36.4 Å². The van der Waals surface area contributed by atoms with Crippen LogP contribution in [0.4, 0.5) is 0 Å². The van der Waals surface area contributed by atoms with Crippen LogP contribution in [0.25, 0.3) is 44.8 Å². The number of nitrogens with zero attached hydrogens (tertiary/aromatic N) is 3. The van der Waals surface area contributed by atoms with E-state index in [2.05, 4.69) is 10.1 Å². The number of hydrogen-bond donors (Lipinski definition) is 1. The summed E-state index contributed by atoms with van der Waals surface area (Å²) in [5, 5.41) is 14.8. The summed E-state index contributed by atoms with van der Waals surface area (Å²) in [6.07, 6.45) is 1.43. The maximum Gasteiger partial charge on any atom is 0.335 e. The third kappa shape index (κ3) is 3.76. The summed E-state index contributed by atoms with van der Waals surface area (Å²) in [4.78, 5) is 29.1. The standard InChI is InChI=1S/C28H17N3O5/c32-27-21-6-2-3-7-22(21)30-26(25-15-19-5-1-4-8-23(19)36-25)31(27)29-16-20-13-14-24(35-20)17-9-11-18(12-10-17)28(33)34/h1-16H,(H,33,34). The number of aromatic carboxylic acids is 1. The molecule has 0 atom stereocenters. The third-order valence-electron chi connectivity index (χ3n) is 5.74. The minimum absolute atomic E-state index is 0.188. The van der Waals surface area contributed by atoms with Crippen molar-refractivity contribution < 1.29 is 18.7 Å². The molecule has 8 heteroatoms. The molecule has 0 aliphatic heterocycles. The Morgan fingerprint density at radius 2 is 1.67 bits per heavy atom. The monoisotopic (exact) mass is 475 g/mol. The Balaban J connectivity index is 1.42. The lowest BCUT2D eigenvalue weighted by molar-refractivity contribution is 0.0697. The molecule has 0 bridgehead atoms. The van der Waals surface area contributed by atoms with Gasteiger partial charge in [0.25, 0.3) is 5.56 Å². The predicted octanol–water partition coefficient (Wildman–Crippen LogP) is 5.65. The molecule has 0 amide bonds. The largest absolute Gasteiger partial charge is 0.478 e. The van der Waals surface area contributed by atoms with Gasteiger partial charge in [0, 0.05) is 10.9 Å². The normalized spacial score (nSPS) is 11.6. The van der Waals surface area contributed by atoms with E-state index in [1.54, 1.807) is 42.5 Å². The average Bonchev–Trinajstić information content (AvgIpc) is 3.55. The van der Waals surface area contributed by atoms with Crippen molar-refractivity contribution in [2.75, 3.05) is 0 Å². The molecule has 3 heterocycles. The first kappa shape index (κ1) is 21.3. The van der Waals surface area contributed by atoms with E-state index < -0.39 is 5.97 Å². The SMILES string of the molecule is O=C(O)c1ccc(-c2ccc(C=Nn3c(-c4cc5ccccc5o4)nc4ccccc4c3=O)o2)cc1. The summed E-state index contributed by atoms with van der Waals surface area (Å²) in [5.41, 5.74) is 1.77. The molecule has 0 saturated heterocycles. The number of aromatic nitrogens is 2. The molecule has 3 aromatic heterocycles. The Labute approximate surface area is 203 Å². The quantitative estimate of drug-likeness (QED) is 0.323. The van der Waals surface area contributed by atoms with Gasteiger partial charge in [0.2, 0.25) is 5.82 Å². The van der Waals surface area contributed by atoms with Gasteiger partial charge in [-0.1, -0.05) is 42.5 Å². The summed E-state index contributed by atoms with van der Waals surface area (Å²) in [6.45, 7) is 0. The topological polar surface area (TPSA) is 111 Å². The third-order valence-corrected chi connectivity index (χ3v) is 5.74. The Bertz CT molecular complexity index is 1810. The fraction of sp³-hybridized carbons (Fsp3) is 0. The molecule has 3 aromatic carbocycles. The van der Waals surface area contributed by atoms with Crippen molar-refractivity contribution in [3.05, 3.63) is 113 Å².